The molecule has 0 radical (unpaired) electrons. The minimum Gasteiger partial charge on any atom is -0.438 e. The van der Waals surface area contributed by atoms with Gasteiger partial charge in [0.05, 0.1) is 12.2 Å². The summed E-state index contributed by atoms with van der Waals surface area (Å²) in [5, 5.41) is 18.4. The minimum absolute atomic E-state index is 0.0206. The van der Waals surface area contributed by atoms with Gasteiger partial charge in [0.2, 0.25) is 0 Å². The van der Waals surface area contributed by atoms with Gasteiger partial charge in [-0.25, -0.2) is 28.3 Å². The zero-order valence-corrected chi connectivity index (χ0v) is 20.8. The van der Waals surface area contributed by atoms with Crippen molar-refractivity contribution in [3.05, 3.63) is 81.5 Å². The second-order valence-electron chi connectivity index (χ2n) is 8.30. The summed E-state index contributed by atoms with van der Waals surface area (Å²) in [5.41, 5.74) is 4.57. The fourth-order valence-electron chi connectivity index (χ4n) is 3.66. The molecule has 0 aliphatic heterocycles. The molecule has 2 aromatic heterocycles. The first-order chi connectivity index (χ1) is 18.3. The van der Waals surface area contributed by atoms with E-state index in [-0.39, 0.29) is 28.7 Å². The zero-order chi connectivity index (χ0) is 28.5. The summed E-state index contributed by atoms with van der Waals surface area (Å²) in [7, 11) is 0. The van der Waals surface area contributed by atoms with E-state index in [9.17, 15) is 32.3 Å². The average molecular weight is 570 g/mol. The lowest BCUT2D eigenvalue weighted by molar-refractivity contribution is -0.207. The van der Waals surface area contributed by atoms with E-state index in [1.165, 1.54) is 54.1 Å². The SMILES string of the molecule is CC(OC(N)=O)c1nc(Cn2nc(-c3ccc(Cl)cc3)n(C[C@H](O)C(F)(F)F)c2=O)nn1-c1cccc(F)c1. The maximum absolute atomic E-state index is 13.9. The quantitative estimate of drug-likeness (QED) is 0.310. The summed E-state index contributed by atoms with van der Waals surface area (Å²) in [4.78, 5) is 28.7. The Balaban J connectivity index is 1.78. The molecule has 0 saturated heterocycles. The van der Waals surface area contributed by atoms with Crippen molar-refractivity contribution in [2.75, 3.05) is 0 Å². The number of nitrogens with zero attached hydrogens (tertiary/aromatic N) is 6. The number of aromatic nitrogens is 6. The summed E-state index contributed by atoms with van der Waals surface area (Å²) in [5.74, 6) is -0.813. The molecule has 1 amide bonds. The van der Waals surface area contributed by atoms with Gasteiger partial charge in [-0.1, -0.05) is 17.7 Å². The maximum atomic E-state index is 13.9. The summed E-state index contributed by atoms with van der Waals surface area (Å²) >= 11 is 5.90. The standard InChI is InChI=1S/C23H20ClF4N7O4/c1-12(39-21(29)37)19-30-18(31-35(19)16-4-2-3-15(25)9-16)11-34-22(38)33(10-17(36)23(26,27)28)20(32-34)13-5-7-14(24)8-6-13/h2-9,12,17,36H,10-11H2,1H3,(H2,29,37)/t12?,17-/m0/s1. The number of aliphatic hydroxyl groups excluding tert-OH is 1. The van der Waals surface area contributed by atoms with Gasteiger partial charge in [-0.2, -0.15) is 13.2 Å². The Hall–Kier alpha value is -4.24. The summed E-state index contributed by atoms with van der Waals surface area (Å²) in [6, 6.07) is 11.1. The number of aliphatic hydroxyl groups is 1. The zero-order valence-electron chi connectivity index (χ0n) is 20.0. The molecular formula is C23H20ClF4N7O4. The second-order valence-corrected chi connectivity index (χ2v) is 8.73. The van der Waals surface area contributed by atoms with Crippen LogP contribution in [0, 0.1) is 5.82 Å². The number of benzene rings is 2. The molecule has 11 nitrogen and oxygen atoms in total. The van der Waals surface area contributed by atoms with Gasteiger partial charge in [0.25, 0.3) is 0 Å². The topological polar surface area (TPSA) is 143 Å². The van der Waals surface area contributed by atoms with E-state index in [4.69, 9.17) is 22.1 Å². The van der Waals surface area contributed by atoms with Gasteiger partial charge in [0.1, 0.15) is 12.4 Å². The number of carbonyl (C=O) groups is 1. The van der Waals surface area contributed by atoms with Gasteiger partial charge in [-0.15, -0.1) is 10.2 Å². The van der Waals surface area contributed by atoms with Crippen molar-refractivity contribution in [2.24, 2.45) is 5.73 Å². The largest absolute Gasteiger partial charge is 0.438 e. The van der Waals surface area contributed by atoms with E-state index >= 15 is 0 Å². The first kappa shape index (κ1) is 27.8. The molecule has 0 aliphatic rings. The molecule has 2 atom stereocenters. The number of halogens is 5. The van der Waals surface area contributed by atoms with Crippen LogP contribution < -0.4 is 11.4 Å². The molecular weight excluding hydrogens is 550 g/mol. The number of rotatable bonds is 8. The lowest BCUT2D eigenvalue weighted by Crippen LogP contribution is -2.37. The van der Waals surface area contributed by atoms with Crippen LogP contribution >= 0.6 is 11.6 Å². The molecule has 1 unspecified atom stereocenters. The highest BCUT2D eigenvalue weighted by molar-refractivity contribution is 6.30. The molecule has 0 bridgehead atoms. The Labute approximate surface area is 222 Å². The van der Waals surface area contributed by atoms with E-state index in [0.717, 1.165) is 10.7 Å². The third-order valence-electron chi connectivity index (χ3n) is 5.44. The number of hydrogen-bond acceptors (Lipinski definition) is 7. The van der Waals surface area contributed by atoms with Gasteiger partial charge >= 0.3 is 18.0 Å². The van der Waals surface area contributed by atoms with Crippen molar-refractivity contribution in [2.45, 2.75) is 38.4 Å². The highest BCUT2D eigenvalue weighted by atomic mass is 35.5. The van der Waals surface area contributed by atoms with Crippen molar-refractivity contribution < 1.29 is 32.2 Å². The van der Waals surface area contributed by atoms with Crippen LogP contribution in [0.25, 0.3) is 17.1 Å². The maximum Gasteiger partial charge on any atom is 0.416 e. The molecule has 0 fully saturated rings. The van der Waals surface area contributed by atoms with E-state index in [1.807, 2.05) is 0 Å². The molecule has 206 valence electrons. The molecule has 0 spiro atoms. The van der Waals surface area contributed by atoms with E-state index in [2.05, 4.69) is 15.2 Å². The summed E-state index contributed by atoms with van der Waals surface area (Å²) in [6.45, 7) is -0.125. The summed E-state index contributed by atoms with van der Waals surface area (Å²) in [6.07, 6.45) is -9.99. The molecule has 4 rings (SSSR count). The molecule has 2 aromatic carbocycles. The van der Waals surface area contributed by atoms with Crippen LogP contribution in [0.2, 0.25) is 5.02 Å². The third kappa shape index (κ3) is 6.26. The Bertz CT molecular complexity index is 1550. The minimum atomic E-state index is -4.99. The normalized spacial score (nSPS) is 13.3. The van der Waals surface area contributed by atoms with Crippen molar-refractivity contribution in [1.29, 1.82) is 0 Å². The Morgan fingerprint density at radius 2 is 1.87 bits per heavy atom. The Kier molecular flexibility index (Phi) is 7.74. The summed E-state index contributed by atoms with van der Waals surface area (Å²) < 4.78 is 60.8. The first-order valence-corrected chi connectivity index (χ1v) is 11.6. The van der Waals surface area contributed by atoms with Gasteiger partial charge in [-0.05, 0) is 49.4 Å². The molecule has 3 N–H and O–H groups in total. The van der Waals surface area contributed by atoms with Crippen LogP contribution in [-0.2, 0) is 17.8 Å². The first-order valence-electron chi connectivity index (χ1n) is 11.2. The number of primary amides is 1. The van der Waals surface area contributed by atoms with Gasteiger partial charge < -0.3 is 15.6 Å². The number of nitrogens with two attached hydrogens (primary N) is 1. The van der Waals surface area contributed by atoms with Crippen LogP contribution in [0.3, 0.4) is 0 Å². The predicted octanol–water partition coefficient (Wildman–Crippen LogP) is 3.21. The van der Waals surface area contributed by atoms with Crippen LogP contribution in [-0.4, -0.2) is 52.6 Å². The third-order valence-corrected chi connectivity index (χ3v) is 5.69. The van der Waals surface area contributed by atoms with Gasteiger partial charge in [0.15, 0.2) is 29.7 Å². The highest BCUT2D eigenvalue weighted by Crippen LogP contribution is 2.25. The molecule has 2 heterocycles. The molecule has 4 aromatic rings. The fourth-order valence-corrected chi connectivity index (χ4v) is 3.78. The van der Waals surface area contributed by atoms with Crippen LogP contribution in [0.1, 0.15) is 24.7 Å². The van der Waals surface area contributed by atoms with Crippen LogP contribution in [0.5, 0.6) is 0 Å². The van der Waals surface area contributed by atoms with Gasteiger partial charge in [0, 0.05) is 10.6 Å². The Morgan fingerprint density at radius 3 is 2.49 bits per heavy atom. The predicted molar refractivity (Wildman–Crippen MR) is 128 cm³/mol. The lowest BCUT2D eigenvalue weighted by Gasteiger charge is -2.15. The second kappa shape index (κ2) is 10.9. The van der Waals surface area contributed by atoms with Gasteiger partial charge in [-0.3, -0.25) is 4.57 Å². The molecule has 16 heteroatoms. The van der Waals surface area contributed by atoms with Crippen molar-refractivity contribution in [3.63, 3.8) is 0 Å². The van der Waals surface area contributed by atoms with E-state index < -0.39 is 49.1 Å². The van der Waals surface area contributed by atoms with E-state index in [0.29, 0.717) is 9.59 Å². The number of ether oxygens (including phenoxy) is 1. The van der Waals surface area contributed by atoms with Crippen LogP contribution in [0.4, 0.5) is 22.4 Å². The Morgan fingerprint density at radius 1 is 1.18 bits per heavy atom. The van der Waals surface area contributed by atoms with E-state index in [1.54, 1.807) is 0 Å². The molecule has 0 saturated carbocycles. The smallest absolute Gasteiger partial charge is 0.416 e. The van der Waals surface area contributed by atoms with Crippen molar-refractivity contribution in [1.82, 2.24) is 29.1 Å². The number of hydrogen-bond donors (Lipinski definition) is 2. The van der Waals surface area contributed by atoms with Crippen molar-refractivity contribution >= 4 is 17.7 Å². The number of amides is 1. The highest BCUT2D eigenvalue weighted by Gasteiger charge is 2.39. The number of carbonyl (C=O) groups excluding carboxylic acids is 1. The average Bonchev–Trinajstić information content (AvgIpc) is 3.41. The lowest BCUT2D eigenvalue weighted by atomic mass is 10.2. The molecule has 39 heavy (non-hydrogen) atoms. The number of alkyl halides is 3. The van der Waals surface area contributed by atoms with Crippen molar-refractivity contribution in [3.8, 4) is 17.1 Å². The fraction of sp³-hybridized carbons (Fsp3) is 0.261. The molecule has 0 aliphatic carbocycles. The van der Waals surface area contributed by atoms with Crippen LogP contribution in [0.15, 0.2) is 53.3 Å². The monoisotopic (exact) mass is 569 g/mol.